The van der Waals surface area contributed by atoms with Gasteiger partial charge in [-0.05, 0) is 25.1 Å². The van der Waals surface area contributed by atoms with Crippen molar-refractivity contribution in [3.05, 3.63) is 64.3 Å². The first-order chi connectivity index (χ1) is 12.0. The molecule has 1 unspecified atom stereocenters. The van der Waals surface area contributed by atoms with Crippen LogP contribution in [0.1, 0.15) is 17.3 Å². The molecule has 0 bridgehead atoms. The number of nitrogens with one attached hydrogen (secondary N) is 2. The zero-order valence-electron chi connectivity index (χ0n) is 13.2. The minimum absolute atomic E-state index is 0.229. The van der Waals surface area contributed by atoms with Gasteiger partial charge in [-0.25, -0.2) is 4.79 Å². The van der Waals surface area contributed by atoms with E-state index in [0.717, 1.165) is 10.9 Å². The lowest BCUT2D eigenvalue weighted by molar-refractivity contribution is -0.123. The topological polar surface area (TPSA) is 71.2 Å². The number of carbonyl (C=O) groups excluding carboxylic acids is 2. The van der Waals surface area contributed by atoms with Crippen LogP contribution in [0.2, 0.25) is 10.0 Å². The molecule has 0 spiro atoms. The lowest BCUT2D eigenvalue weighted by Crippen LogP contribution is -2.30. The molecule has 1 aromatic heterocycles. The van der Waals surface area contributed by atoms with E-state index in [1.54, 1.807) is 30.5 Å². The molecule has 1 atom stereocenters. The standard InChI is InChI=1S/C18H14Cl2N2O3/c1-10(17(23)22-15-8-4-6-13(19)16(15)20)25-18(24)12-9-21-14-7-3-2-5-11(12)14/h2-10,21H,1H3,(H,22,23). The van der Waals surface area contributed by atoms with Crippen molar-refractivity contribution >= 4 is 51.7 Å². The highest BCUT2D eigenvalue weighted by molar-refractivity contribution is 6.44. The van der Waals surface area contributed by atoms with Crippen molar-refractivity contribution in [1.82, 2.24) is 4.98 Å². The van der Waals surface area contributed by atoms with E-state index in [9.17, 15) is 9.59 Å². The Morgan fingerprint density at radius 1 is 1.12 bits per heavy atom. The van der Waals surface area contributed by atoms with Gasteiger partial charge < -0.3 is 15.0 Å². The Bertz CT molecular complexity index is 952. The first-order valence-corrected chi connectivity index (χ1v) is 8.25. The van der Waals surface area contributed by atoms with Gasteiger partial charge in [0.05, 0.1) is 21.3 Å². The summed E-state index contributed by atoms with van der Waals surface area (Å²) in [4.78, 5) is 27.6. The van der Waals surface area contributed by atoms with Crippen molar-refractivity contribution in [2.24, 2.45) is 0 Å². The molecule has 3 rings (SSSR count). The third kappa shape index (κ3) is 3.62. The maximum Gasteiger partial charge on any atom is 0.341 e. The first kappa shape index (κ1) is 17.3. The Morgan fingerprint density at radius 3 is 2.68 bits per heavy atom. The molecule has 5 nitrogen and oxygen atoms in total. The van der Waals surface area contributed by atoms with Crippen molar-refractivity contribution < 1.29 is 14.3 Å². The second kappa shape index (κ2) is 7.17. The van der Waals surface area contributed by atoms with Gasteiger partial charge in [0.15, 0.2) is 6.10 Å². The average Bonchev–Trinajstić information content (AvgIpc) is 3.03. The number of aromatic amines is 1. The van der Waals surface area contributed by atoms with Crippen molar-refractivity contribution in [1.29, 1.82) is 0 Å². The van der Waals surface area contributed by atoms with Crippen LogP contribution in [0.4, 0.5) is 5.69 Å². The largest absolute Gasteiger partial charge is 0.449 e. The summed E-state index contributed by atoms with van der Waals surface area (Å²) >= 11 is 11.9. The van der Waals surface area contributed by atoms with Gasteiger partial charge in [0.2, 0.25) is 0 Å². The zero-order chi connectivity index (χ0) is 18.0. The van der Waals surface area contributed by atoms with Crippen LogP contribution in [0, 0.1) is 0 Å². The molecule has 2 aromatic carbocycles. The molecule has 128 valence electrons. The zero-order valence-corrected chi connectivity index (χ0v) is 14.7. The van der Waals surface area contributed by atoms with Gasteiger partial charge >= 0.3 is 5.97 Å². The maximum atomic E-state index is 12.3. The summed E-state index contributed by atoms with van der Waals surface area (Å²) < 4.78 is 5.26. The van der Waals surface area contributed by atoms with Gasteiger partial charge in [-0.15, -0.1) is 0 Å². The number of amides is 1. The van der Waals surface area contributed by atoms with E-state index in [-0.39, 0.29) is 5.02 Å². The highest BCUT2D eigenvalue weighted by Crippen LogP contribution is 2.29. The van der Waals surface area contributed by atoms with Crippen LogP contribution >= 0.6 is 23.2 Å². The number of ether oxygens (including phenoxy) is 1. The van der Waals surface area contributed by atoms with Gasteiger partial charge in [-0.1, -0.05) is 47.5 Å². The lowest BCUT2D eigenvalue weighted by atomic mass is 10.2. The fourth-order valence-corrected chi connectivity index (χ4v) is 2.70. The quantitative estimate of drug-likeness (QED) is 0.650. The van der Waals surface area contributed by atoms with Gasteiger partial charge in [-0.2, -0.15) is 0 Å². The molecule has 0 saturated heterocycles. The van der Waals surface area contributed by atoms with Crippen LogP contribution in [0.5, 0.6) is 0 Å². The molecule has 0 saturated carbocycles. The molecule has 0 radical (unpaired) electrons. The monoisotopic (exact) mass is 376 g/mol. The number of H-pyrrole nitrogens is 1. The molecule has 7 heteroatoms. The van der Waals surface area contributed by atoms with E-state index >= 15 is 0 Å². The molecule has 0 fully saturated rings. The number of rotatable bonds is 4. The number of esters is 1. The number of para-hydroxylation sites is 1. The number of benzene rings is 2. The van der Waals surface area contributed by atoms with Gasteiger partial charge in [0.1, 0.15) is 0 Å². The second-order valence-electron chi connectivity index (χ2n) is 5.39. The maximum absolute atomic E-state index is 12.3. The van der Waals surface area contributed by atoms with E-state index in [4.69, 9.17) is 27.9 Å². The molecular weight excluding hydrogens is 363 g/mol. The minimum Gasteiger partial charge on any atom is -0.449 e. The van der Waals surface area contributed by atoms with E-state index in [1.165, 1.54) is 6.92 Å². The van der Waals surface area contributed by atoms with Gasteiger partial charge in [0, 0.05) is 17.1 Å². The molecule has 1 amide bonds. The summed E-state index contributed by atoms with van der Waals surface area (Å²) in [5.74, 6) is -1.09. The Hall–Kier alpha value is -2.50. The number of anilines is 1. The summed E-state index contributed by atoms with van der Waals surface area (Å²) in [5, 5.41) is 3.88. The number of hydrogen-bond acceptors (Lipinski definition) is 3. The van der Waals surface area contributed by atoms with Crippen LogP contribution in [0.15, 0.2) is 48.7 Å². The Labute approximate surface area is 153 Å². The van der Waals surface area contributed by atoms with Crippen LogP contribution in [0.25, 0.3) is 10.9 Å². The van der Waals surface area contributed by atoms with E-state index in [2.05, 4.69) is 10.3 Å². The van der Waals surface area contributed by atoms with Crippen LogP contribution in [-0.4, -0.2) is 23.0 Å². The summed E-state index contributed by atoms with van der Waals surface area (Å²) in [7, 11) is 0. The number of aromatic nitrogens is 1. The molecule has 2 N–H and O–H groups in total. The summed E-state index contributed by atoms with van der Waals surface area (Å²) in [6.07, 6.45) is 0.557. The molecular formula is C18H14Cl2N2O3. The van der Waals surface area contributed by atoms with Crippen molar-refractivity contribution in [2.75, 3.05) is 5.32 Å². The number of halogens is 2. The predicted molar refractivity (Wildman–Crippen MR) is 98.3 cm³/mol. The van der Waals surface area contributed by atoms with Gasteiger partial charge in [0.25, 0.3) is 5.91 Å². The summed E-state index contributed by atoms with van der Waals surface area (Å²) in [5.41, 5.74) is 1.54. The fraction of sp³-hybridized carbons (Fsp3) is 0.111. The smallest absolute Gasteiger partial charge is 0.341 e. The Balaban J connectivity index is 1.71. The van der Waals surface area contributed by atoms with Crippen molar-refractivity contribution in [2.45, 2.75) is 13.0 Å². The third-order valence-corrected chi connectivity index (χ3v) is 4.49. The van der Waals surface area contributed by atoms with Crippen LogP contribution < -0.4 is 5.32 Å². The fourth-order valence-electron chi connectivity index (χ4n) is 2.35. The van der Waals surface area contributed by atoms with Gasteiger partial charge in [-0.3, -0.25) is 4.79 Å². The number of carbonyl (C=O) groups is 2. The van der Waals surface area contributed by atoms with E-state index in [1.807, 2.05) is 18.2 Å². The SMILES string of the molecule is CC(OC(=O)c1c[nH]c2ccccc12)C(=O)Nc1cccc(Cl)c1Cl. The second-order valence-corrected chi connectivity index (χ2v) is 6.17. The van der Waals surface area contributed by atoms with E-state index in [0.29, 0.717) is 16.3 Å². The number of hydrogen-bond donors (Lipinski definition) is 2. The summed E-state index contributed by atoms with van der Waals surface area (Å²) in [6.45, 7) is 1.49. The molecule has 25 heavy (non-hydrogen) atoms. The lowest BCUT2D eigenvalue weighted by Gasteiger charge is -2.14. The Morgan fingerprint density at radius 2 is 1.88 bits per heavy atom. The Kier molecular flexibility index (Phi) is 4.97. The molecule has 0 aliphatic carbocycles. The molecule has 0 aliphatic heterocycles. The normalized spacial score (nSPS) is 12.0. The van der Waals surface area contributed by atoms with Crippen LogP contribution in [-0.2, 0) is 9.53 Å². The van der Waals surface area contributed by atoms with E-state index < -0.39 is 18.0 Å². The first-order valence-electron chi connectivity index (χ1n) is 7.49. The average molecular weight is 377 g/mol. The summed E-state index contributed by atoms with van der Waals surface area (Å²) in [6, 6.07) is 12.2. The highest BCUT2D eigenvalue weighted by atomic mass is 35.5. The van der Waals surface area contributed by atoms with Crippen LogP contribution in [0.3, 0.4) is 0 Å². The number of fused-ring (bicyclic) bond motifs is 1. The molecule has 0 aliphatic rings. The van der Waals surface area contributed by atoms with Crippen molar-refractivity contribution in [3.8, 4) is 0 Å². The predicted octanol–water partition coefficient (Wildman–Crippen LogP) is 4.66. The van der Waals surface area contributed by atoms with Crippen molar-refractivity contribution in [3.63, 3.8) is 0 Å². The molecule has 1 heterocycles. The minimum atomic E-state index is -1.00. The third-order valence-electron chi connectivity index (χ3n) is 3.67. The molecule has 3 aromatic rings. The highest BCUT2D eigenvalue weighted by Gasteiger charge is 2.22.